The van der Waals surface area contributed by atoms with Crippen LogP contribution in [-0.4, -0.2) is 69.6 Å². The zero-order chi connectivity index (χ0) is 31.8. The molecule has 1 saturated carbocycles. The van der Waals surface area contributed by atoms with Crippen molar-refractivity contribution in [2.45, 2.75) is 69.9 Å². The van der Waals surface area contributed by atoms with Gasteiger partial charge in [-0.15, -0.1) is 0 Å². The van der Waals surface area contributed by atoms with E-state index in [2.05, 4.69) is 21.7 Å². The molecule has 0 radical (unpaired) electrons. The van der Waals surface area contributed by atoms with E-state index >= 15 is 0 Å². The van der Waals surface area contributed by atoms with Gasteiger partial charge in [-0.1, -0.05) is 43.5 Å². The molecular weight excluding hydrogens is 583 g/mol. The van der Waals surface area contributed by atoms with Crippen molar-refractivity contribution in [3.63, 3.8) is 0 Å². The van der Waals surface area contributed by atoms with Crippen molar-refractivity contribution in [3.8, 4) is 6.07 Å². The van der Waals surface area contributed by atoms with Crippen LogP contribution >= 0.6 is 0 Å². The molecule has 0 spiro atoms. The third kappa shape index (κ3) is 8.63. The van der Waals surface area contributed by atoms with Crippen LogP contribution in [0.25, 0.3) is 0 Å². The minimum absolute atomic E-state index is 0.0940. The van der Waals surface area contributed by atoms with Crippen molar-refractivity contribution in [2.75, 3.05) is 26.2 Å². The van der Waals surface area contributed by atoms with Gasteiger partial charge in [0.2, 0.25) is 5.91 Å². The number of alkyl halides is 3. The quantitative estimate of drug-likeness (QED) is 0.360. The number of amides is 3. The average Bonchev–Trinajstić information content (AvgIpc) is 3.48. The number of carbonyl (C=O) groups excluding carboxylic acids is 2. The molecule has 1 aliphatic carbocycles. The van der Waals surface area contributed by atoms with Gasteiger partial charge in [0.1, 0.15) is 6.04 Å². The zero-order valence-electron chi connectivity index (χ0n) is 25.1. The fourth-order valence-corrected chi connectivity index (χ4v) is 6.02. The molecule has 2 fully saturated rings. The highest BCUT2D eigenvalue weighted by molar-refractivity contribution is 5.87. The van der Waals surface area contributed by atoms with E-state index in [4.69, 9.17) is 5.26 Å². The molecule has 1 aromatic heterocycles. The Kier molecular flexibility index (Phi) is 10.4. The van der Waals surface area contributed by atoms with Crippen LogP contribution in [0.2, 0.25) is 0 Å². The second-order valence-corrected chi connectivity index (χ2v) is 11.8. The van der Waals surface area contributed by atoms with Crippen molar-refractivity contribution in [3.05, 3.63) is 89.0 Å². The summed E-state index contributed by atoms with van der Waals surface area (Å²) in [7, 11) is 0. The number of nitrogens with one attached hydrogen (secondary N) is 2. The summed E-state index contributed by atoms with van der Waals surface area (Å²) in [6.45, 7) is 2.37. The maximum absolute atomic E-state index is 13.6. The van der Waals surface area contributed by atoms with Crippen molar-refractivity contribution >= 4 is 11.9 Å². The molecule has 3 amide bonds. The first-order valence-corrected chi connectivity index (χ1v) is 15.4. The largest absolute Gasteiger partial charge is 0.416 e. The predicted octanol–water partition coefficient (Wildman–Crippen LogP) is 4.71. The minimum Gasteiger partial charge on any atom is -0.354 e. The molecule has 238 valence electrons. The van der Waals surface area contributed by atoms with Crippen molar-refractivity contribution in [1.82, 2.24) is 30.0 Å². The van der Waals surface area contributed by atoms with Crippen LogP contribution in [-0.2, 0) is 30.5 Å². The summed E-state index contributed by atoms with van der Waals surface area (Å²) in [6, 6.07) is 13.6. The van der Waals surface area contributed by atoms with Crippen molar-refractivity contribution < 1.29 is 22.8 Å². The minimum atomic E-state index is -4.40. The van der Waals surface area contributed by atoms with Gasteiger partial charge in [-0.2, -0.15) is 18.4 Å². The SMILES string of the molecule is N#Cc1ccc(Cn2cncc2CCNC(=O)C2CN(Cc3ccc(C(F)(F)F)cc3)CCN2C(=O)NC2CCCCC2)cc1. The number of benzene rings is 2. The maximum Gasteiger partial charge on any atom is 0.416 e. The summed E-state index contributed by atoms with van der Waals surface area (Å²) in [5, 5.41) is 15.2. The lowest BCUT2D eigenvalue weighted by molar-refractivity contribution is -0.137. The molecular formula is C33H38F3N7O2. The second-order valence-electron chi connectivity index (χ2n) is 11.8. The van der Waals surface area contributed by atoms with E-state index in [1.165, 1.54) is 12.1 Å². The van der Waals surface area contributed by atoms with Crippen molar-refractivity contribution in [1.29, 1.82) is 5.26 Å². The summed E-state index contributed by atoms with van der Waals surface area (Å²) in [4.78, 5) is 34.8. The summed E-state index contributed by atoms with van der Waals surface area (Å²) < 4.78 is 41.1. The van der Waals surface area contributed by atoms with Crippen LogP contribution < -0.4 is 10.6 Å². The molecule has 3 aromatic rings. The number of nitriles is 1. The molecule has 12 heteroatoms. The van der Waals surface area contributed by atoms with E-state index in [1.807, 2.05) is 21.6 Å². The number of aromatic nitrogens is 2. The van der Waals surface area contributed by atoms with E-state index < -0.39 is 17.8 Å². The average molecular weight is 622 g/mol. The number of carbonyl (C=O) groups is 2. The molecule has 45 heavy (non-hydrogen) atoms. The van der Waals surface area contributed by atoms with Gasteiger partial charge in [0.05, 0.1) is 23.5 Å². The Morgan fingerprint density at radius 1 is 0.956 bits per heavy atom. The van der Waals surface area contributed by atoms with E-state index in [0.717, 1.165) is 55.5 Å². The Balaban J connectivity index is 1.22. The van der Waals surface area contributed by atoms with Crippen LogP contribution in [0, 0.1) is 11.3 Å². The normalized spacial score (nSPS) is 17.9. The van der Waals surface area contributed by atoms with Crippen LogP contribution in [0.4, 0.5) is 18.0 Å². The molecule has 5 rings (SSSR count). The van der Waals surface area contributed by atoms with Gasteiger partial charge < -0.3 is 20.1 Å². The molecule has 0 bridgehead atoms. The first-order valence-electron chi connectivity index (χ1n) is 15.4. The van der Waals surface area contributed by atoms with E-state index in [9.17, 15) is 22.8 Å². The lowest BCUT2D eigenvalue weighted by atomic mass is 9.95. The van der Waals surface area contributed by atoms with Gasteiger partial charge in [-0.25, -0.2) is 9.78 Å². The lowest BCUT2D eigenvalue weighted by Crippen LogP contribution is -2.63. The molecule has 2 N–H and O–H groups in total. The number of nitrogens with zero attached hydrogens (tertiary/aromatic N) is 5. The predicted molar refractivity (Wildman–Crippen MR) is 162 cm³/mol. The van der Waals surface area contributed by atoms with Crippen LogP contribution in [0.15, 0.2) is 61.1 Å². The highest BCUT2D eigenvalue weighted by Gasteiger charge is 2.36. The topological polar surface area (TPSA) is 106 Å². The second kappa shape index (κ2) is 14.6. The number of halogens is 3. The molecule has 1 atom stereocenters. The number of hydrogen-bond donors (Lipinski definition) is 2. The van der Waals surface area contributed by atoms with Crippen LogP contribution in [0.5, 0.6) is 0 Å². The van der Waals surface area contributed by atoms with Gasteiger partial charge in [-0.3, -0.25) is 9.69 Å². The number of piperazine rings is 1. The highest BCUT2D eigenvalue weighted by Crippen LogP contribution is 2.29. The maximum atomic E-state index is 13.6. The third-order valence-corrected chi connectivity index (χ3v) is 8.56. The number of urea groups is 1. The van der Waals surface area contributed by atoms with E-state index in [-0.39, 0.29) is 24.5 Å². The molecule has 9 nitrogen and oxygen atoms in total. The Hall–Kier alpha value is -4.37. The van der Waals surface area contributed by atoms with E-state index in [0.29, 0.717) is 50.3 Å². The van der Waals surface area contributed by atoms with Crippen molar-refractivity contribution in [2.24, 2.45) is 0 Å². The third-order valence-electron chi connectivity index (χ3n) is 8.56. The van der Waals surface area contributed by atoms with Crippen LogP contribution in [0.1, 0.15) is 60.1 Å². The van der Waals surface area contributed by atoms with Gasteiger partial charge >= 0.3 is 12.2 Å². The molecule has 1 unspecified atom stereocenters. The first-order chi connectivity index (χ1) is 21.7. The Bertz CT molecular complexity index is 1480. The fraction of sp³-hybridized carbons (Fsp3) is 0.455. The summed E-state index contributed by atoms with van der Waals surface area (Å²) in [6.07, 6.45) is 4.75. The van der Waals surface area contributed by atoms with Gasteiger partial charge in [0.15, 0.2) is 0 Å². The standard InChI is InChI=1S/C33H38F3N7O2/c34-33(35,36)27-12-10-25(11-13-27)20-41-16-17-43(32(45)40-28-4-2-1-3-5-28)30(22-41)31(44)39-15-14-29-19-38-23-42(29)21-26-8-6-24(18-37)7-9-26/h6-13,19,23,28,30H,1-5,14-17,20-22H2,(H,39,44)(H,40,45). The number of hydrogen-bond acceptors (Lipinski definition) is 5. The highest BCUT2D eigenvalue weighted by atomic mass is 19.4. The number of imidazole rings is 1. The number of rotatable bonds is 9. The molecule has 2 aromatic carbocycles. The van der Waals surface area contributed by atoms with Gasteiger partial charge in [0.25, 0.3) is 0 Å². The summed E-state index contributed by atoms with van der Waals surface area (Å²) >= 11 is 0. The molecule has 2 heterocycles. The van der Waals surface area contributed by atoms with Gasteiger partial charge in [0, 0.05) is 63.6 Å². The Morgan fingerprint density at radius 2 is 1.64 bits per heavy atom. The summed E-state index contributed by atoms with van der Waals surface area (Å²) in [5.41, 5.74) is 2.55. The monoisotopic (exact) mass is 621 g/mol. The Morgan fingerprint density at radius 3 is 2.33 bits per heavy atom. The zero-order valence-corrected chi connectivity index (χ0v) is 25.1. The van der Waals surface area contributed by atoms with Gasteiger partial charge in [-0.05, 0) is 48.2 Å². The Labute approximate surface area is 261 Å². The lowest BCUT2D eigenvalue weighted by Gasteiger charge is -2.41. The molecule has 1 aliphatic heterocycles. The van der Waals surface area contributed by atoms with E-state index in [1.54, 1.807) is 29.6 Å². The fourth-order valence-electron chi connectivity index (χ4n) is 6.02. The van der Waals surface area contributed by atoms with Crippen LogP contribution in [0.3, 0.4) is 0 Å². The smallest absolute Gasteiger partial charge is 0.354 e. The first kappa shape index (κ1) is 32.0. The summed E-state index contributed by atoms with van der Waals surface area (Å²) in [5.74, 6) is -0.274. The molecule has 2 aliphatic rings. The molecule has 1 saturated heterocycles.